The van der Waals surface area contributed by atoms with E-state index in [9.17, 15) is 10.1 Å². The Hall–Kier alpha value is -1.88. The van der Waals surface area contributed by atoms with Crippen molar-refractivity contribution < 1.29 is 4.92 Å². The van der Waals surface area contributed by atoms with Gasteiger partial charge in [0.05, 0.1) is 4.92 Å². The van der Waals surface area contributed by atoms with Crippen molar-refractivity contribution in [1.29, 1.82) is 0 Å². The van der Waals surface area contributed by atoms with Crippen LogP contribution in [0.25, 0.3) is 0 Å². The second-order valence-corrected chi connectivity index (χ2v) is 5.11. The van der Waals surface area contributed by atoms with Crippen LogP contribution in [-0.2, 0) is 6.54 Å². The first kappa shape index (κ1) is 13.5. The molecule has 2 rings (SSSR count). The summed E-state index contributed by atoms with van der Waals surface area (Å²) in [5.41, 5.74) is 2.83. The molecule has 0 unspecified atom stereocenters. The van der Waals surface area contributed by atoms with Crippen molar-refractivity contribution in [3.63, 3.8) is 0 Å². The molecule has 5 heteroatoms. The number of hydrogen-bond donors (Lipinski definition) is 1. The zero-order valence-corrected chi connectivity index (χ0v) is 12.0. The van der Waals surface area contributed by atoms with Crippen molar-refractivity contribution in [2.45, 2.75) is 13.5 Å². The third-order valence-electron chi connectivity index (χ3n) is 2.71. The van der Waals surface area contributed by atoms with E-state index in [0.717, 1.165) is 21.3 Å². The summed E-state index contributed by atoms with van der Waals surface area (Å²) in [6.45, 7) is 2.46. The Labute approximate surface area is 119 Å². The summed E-state index contributed by atoms with van der Waals surface area (Å²) in [6, 6.07) is 12.9. The van der Waals surface area contributed by atoms with Crippen molar-refractivity contribution in [2.24, 2.45) is 0 Å². The summed E-state index contributed by atoms with van der Waals surface area (Å²) in [4.78, 5) is 10.4. The van der Waals surface area contributed by atoms with Crippen molar-refractivity contribution in [2.75, 3.05) is 5.32 Å². The van der Waals surface area contributed by atoms with Gasteiger partial charge in [-0.3, -0.25) is 10.1 Å². The number of nitrogens with zero attached hydrogens (tertiary/aromatic N) is 1. The van der Waals surface area contributed by atoms with Gasteiger partial charge in [-0.25, -0.2) is 0 Å². The van der Waals surface area contributed by atoms with Gasteiger partial charge in [-0.1, -0.05) is 34.1 Å². The molecule has 0 aliphatic carbocycles. The number of halogens is 1. The molecule has 0 heterocycles. The highest BCUT2D eigenvalue weighted by Gasteiger charge is 2.08. The van der Waals surface area contributed by atoms with Crippen LogP contribution in [0.1, 0.15) is 11.1 Å². The minimum absolute atomic E-state index is 0.106. The van der Waals surface area contributed by atoms with Crippen molar-refractivity contribution in [1.82, 2.24) is 0 Å². The monoisotopic (exact) mass is 320 g/mol. The zero-order chi connectivity index (χ0) is 13.8. The molecule has 0 aromatic heterocycles. The summed E-state index contributed by atoms with van der Waals surface area (Å²) in [7, 11) is 0. The fraction of sp³-hybridized carbons (Fsp3) is 0.143. The third-order valence-corrected chi connectivity index (χ3v) is 3.49. The van der Waals surface area contributed by atoms with Crippen LogP contribution in [0.4, 0.5) is 11.4 Å². The van der Waals surface area contributed by atoms with E-state index in [1.54, 1.807) is 12.1 Å². The fourth-order valence-corrected chi connectivity index (χ4v) is 2.23. The van der Waals surface area contributed by atoms with Gasteiger partial charge < -0.3 is 5.32 Å². The first-order chi connectivity index (χ1) is 9.06. The molecule has 0 atom stereocenters. The topological polar surface area (TPSA) is 55.2 Å². The van der Waals surface area contributed by atoms with E-state index in [2.05, 4.69) is 21.2 Å². The maximum absolute atomic E-state index is 10.8. The minimum Gasteiger partial charge on any atom is -0.381 e. The van der Waals surface area contributed by atoms with Crippen LogP contribution in [0.3, 0.4) is 0 Å². The highest BCUT2D eigenvalue weighted by Crippen LogP contribution is 2.22. The molecule has 1 N–H and O–H groups in total. The normalized spacial score (nSPS) is 10.2. The van der Waals surface area contributed by atoms with Crippen molar-refractivity contribution >= 4 is 27.3 Å². The lowest BCUT2D eigenvalue weighted by Crippen LogP contribution is -2.01. The summed E-state index contributed by atoms with van der Waals surface area (Å²) in [6.07, 6.45) is 0. The van der Waals surface area contributed by atoms with Crippen LogP contribution in [-0.4, -0.2) is 4.92 Å². The maximum Gasteiger partial charge on any atom is 0.271 e. The number of benzene rings is 2. The lowest BCUT2D eigenvalue weighted by atomic mass is 10.2. The van der Waals surface area contributed by atoms with E-state index in [0.29, 0.717) is 6.54 Å². The van der Waals surface area contributed by atoms with Gasteiger partial charge in [0.1, 0.15) is 0 Å². The standard InChI is InChI=1S/C14H13BrN2O2/c1-10-6-12(8-13(7-10)17(18)19)16-9-11-4-2-3-5-14(11)15/h2-8,16H,9H2,1H3. The van der Waals surface area contributed by atoms with E-state index in [1.165, 1.54) is 0 Å². The highest BCUT2D eigenvalue weighted by atomic mass is 79.9. The van der Waals surface area contributed by atoms with Crippen LogP contribution in [0.2, 0.25) is 0 Å². The Balaban J connectivity index is 2.16. The van der Waals surface area contributed by atoms with Crippen molar-refractivity contribution in [3.05, 3.63) is 68.2 Å². The molecule has 0 aliphatic rings. The number of hydrogen-bond acceptors (Lipinski definition) is 3. The van der Waals surface area contributed by atoms with Crippen LogP contribution in [0.15, 0.2) is 46.9 Å². The van der Waals surface area contributed by atoms with Crippen LogP contribution >= 0.6 is 15.9 Å². The number of nitro groups is 1. The summed E-state index contributed by atoms with van der Waals surface area (Å²) in [5.74, 6) is 0. The van der Waals surface area contributed by atoms with Gasteiger partial charge in [-0.15, -0.1) is 0 Å². The maximum atomic E-state index is 10.8. The first-order valence-corrected chi connectivity index (χ1v) is 6.59. The predicted octanol–water partition coefficient (Wildman–Crippen LogP) is 4.28. The minimum atomic E-state index is -0.378. The average Bonchev–Trinajstić information content (AvgIpc) is 2.37. The number of non-ortho nitro benzene ring substituents is 1. The molecule has 0 bridgehead atoms. The zero-order valence-electron chi connectivity index (χ0n) is 10.4. The Morgan fingerprint density at radius 1 is 1.26 bits per heavy atom. The molecular formula is C14H13BrN2O2. The lowest BCUT2D eigenvalue weighted by molar-refractivity contribution is -0.384. The SMILES string of the molecule is Cc1cc(NCc2ccccc2Br)cc([N+](=O)[O-])c1. The molecule has 4 nitrogen and oxygen atoms in total. The Kier molecular flexibility index (Phi) is 4.16. The molecule has 0 radical (unpaired) electrons. The number of nitrogens with one attached hydrogen (secondary N) is 1. The average molecular weight is 321 g/mol. The molecule has 0 amide bonds. The van der Waals surface area contributed by atoms with Gasteiger partial charge in [0.25, 0.3) is 5.69 Å². The van der Waals surface area contributed by atoms with Gasteiger partial charge >= 0.3 is 0 Å². The van der Waals surface area contributed by atoms with Gasteiger partial charge in [0, 0.05) is 28.8 Å². The molecule has 0 saturated carbocycles. The number of rotatable bonds is 4. The molecule has 2 aromatic rings. The Bertz CT molecular complexity index is 614. The van der Waals surface area contributed by atoms with E-state index in [4.69, 9.17) is 0 Å². The largest absolute Gasteiger partial charge is 0.381 e. The van der Waals surface area contributed by atoms with Gasteiger partial charge in [0.15, 0.2) is 0 Å². The summed E-state index contributed by atoms with van der Waals surface area (Å²) in [5, 5.41) is 14.0. The molecule has 19 heavy (non-hydrogen) atoms. The second-order valence-electron chi connectivity index (χ2n) is 4.26. The highest BCUT2D eigenvalue weighted by molar-refractivity contribution is 9.10. The molecule has 2 aromatic carbocycles. The lowest BCUT2D eigenvalue weighted by Gasteiger charge is -2.09. The summed E-state index contributed by atoms with van der Waals surface area (Å²) < 4.78 is 1.02. The van der Waals surface area contributed by atoms with Gasteiger partial charge in [0.2, 0.25) is 0 Å². The number of anilines is 1. The molecule has 98 valence electrons. The van der Waals surface area contributed by atoms with E-state index in [1.807, 2.05) is 37.3 Å². The van der Waals surface area contributed by atoms with E-state index in [-0.39, 0.29) is 10.6 Å². The first-order valence-electron chi connectivity index (χ1n) is 5.79. The quantitative estimate of drug-likeness (QED) is 0.675. The summed E-state index contributed by atoms with van der Waals surface area (Å²) >= 11 is 3.47. The third kappa shape index (κ3) is 3.54. The van der Waals surface area contributed by atoms with Gasteiger partial charge in [-0.2, -0.15) is 0 Å². The Morgan fingerprint density at radius 3 is 2.68 bits per heavy atom. The second kappa shape index (κ2) is 5.84. The van der Waals surface area contributed by atoms with Crippen LogP contribution in [0.5, 0.6) is 0 Å². The number of aryl methyl sites for hydroxylation is 1. The predicted molar refractivity (Wildman–Crippen MR) is 79.3 cm³/mol. The van der Waals surface area contributed by atoms with Crippen LogP contribution in [0, 0.1) is 17.0 Å². The molecule has 0 fully saturated rings. The van der Waals surface area contributed by atoms with Crippen molar-refractivity contribution in [3.8, 4) is 0 Å². The molecule has 0 aliphatic heterocycles. The van der Waals surface area contributed by atoms with E-state index >= 15 is 0 Å². The van der Waals surface area contributed by atoms with Gasteiger partial charge in [-0.05, 0) is 30.2 Å². The fourth-order valence-electron chi connectivity index (χ4n) is 1.81. The number of nitro benzene ring substituents is 1. The molecular weight excluding hydrogens is 308 g/mol. The van der Waals surface area contributed by atoms with E-state index < -0.39 is 0 Å². The smallest absolute Gasteiger partial charge is 0.271 e. The van der Waals surface area contributed by atoms with Crippen LogP contribution < -0.4 is 5.32 Å². The Morgan fingerprint density at radius 2 is 2.00 bits per heavy atom. The molecule has 0 spiro atoms. The molecule has 0 saturated heterocycles.